The van der Waals surface area contributed by atoms with Crippen LogP contribution in [0.1, 0.15) is 11.1 Å². The number of carboxylic acids is 1. The molecule has 0 saturated heterocycles. The van der Waals surface area contributed by atoms with E-state index in [1.165, 1.54) is 36.4 Å². The van der Waals surface area contributed by atoms with Gasteiger partial charge in [-0.2, -0.15) is 0 Å². The first-order valence-corrected chi connectivity index (χ1v) is 8.75. The Morgan fingerprint density at radius 1 is 0.774 bits per heavy atom. The molecule has 2 aromatic carbocycles. The molecule has 31 heavy (non-hydrogen) atoms. The molecular weight excluding hydrogens is 410 g/mol. The van der Waals surface area contributed by atoms with Gasteiger partial charge in [0, 0.05) is 12.2 Å². The van der Waals surface area contributed by atoms with Crippen molar-refractivity contribution in [3.8, 4) is 23.0 Å². The number of hydrogen-bond acceptors (Lipinski definition) is 8. The van der Waals surface area contributed by atoms with Gasteiger partial charge in [0.15, 0.2) is 29.1 Å². The maximum absolute atomic E-state index is 12.5. The highest BCUT2D eigenvalue weighted by Gasteiger charge is 2.24. The number of nitrogens with zero attached hydrogens (tertiary/aromatic N) is 1. The molecule has 0 radical (unpaired) electrons. The van der Waals surface area contributed by atoms with Crippen LogP contribution in [0.25, 0.3) is 12.2 Å². The van der Waals surface area contributed by atoms with Crippen molar-refractivity contribution in [2.45, 2.75) is 6.10 Å². The van der Waals surface area contributed by atoms with Gasteiger partial charge in [0.25, 0.3) is 11.8 Å². The number of carbonyl (C=O) groups excluding carboxylic acids is 2. The summed E-state index contributed by atoms with van der Waals surface area (Å²) in [6.45, 7) is -0.830. The summed E-state index contributed by atoms with van der Waals surface area (Å²) in [7, 11) is 0. The Hall–Kier alpha value is -4.31. The third-order valence-electron chi connectivity index (χ3n) is 4.01. The van der Waals surface area contributed by atoms with Gasteiger partial charge in [-0.1, -0.05) is 12.1 Å². The van der Waals surface area contributed by atoms with Crippen LogP contribution in [-0.2, 0) is 14.4 Å². The molecule has 0 fully saturated rings. The monoisotopic (exact) mass is 429 g/mol. The molecule has 2 amide bonds. The van der Waals surface area contributed by atoms with Crippen molar-refractivity contribution >= 4 is 29.9 Å². The van der Waals surface area contributed by atoms with Gasteiger partial charge in [0.1, 0.15) is 0 Å². The molecule has 0 heterocycles. The number of aromatic hydroxyl groups is 4. The molecule has 0 saturated carbocycles. The number of hydrogen-bond donors (Lipinski definition) is 6. The molecule has 1 unspecified atom stereocenters. The van der Waals surface area contributed by atoms with Gasteiger partial charge in [-0.25, -0.2) is 4.79 Å². The first-order valence-electron chi connectivity index (χ1n) is 8.75. The number of amides is 2. The van der Waals surface area contributed by atoms with Crippen molar-refractivity contribution in [2.75, 3.05) is 6.54 Å². The van der Waals surface area contributed by atoms with Gasteiger partial charge in [0.05, 0.1) is 6.54 Å². The lowest BCUT2D eigenvalue weighted by molar-refractivity contribution is -0.150. The standard InChI is InChI=1S/C21H19NO9/c23-14-5-1-12(9-16(14)25)3-7-19(28)22(11-18(27)21(30)31)20(29)8-4-13-2-6-15(24)17(26)10-13/h1-10,18,23-27H,11H2,(H,30,31). The summed E-state index contributed by atoms with van der Waals surface area (Å²) in [6, 6.07) is 7.46. The fourth-order valence-electron chi connectivity index (χ4n) is 2.34. The predicted molar refractivity (Wildman–Crippen MR) is 108 cm³/mol. The Balaban J connectivity index is 2.24. The number of carboxylic acid groups (broad SMARTS) is 1. The summed E-state index contributed by atoms with van der Waals surface area (Å²) < 4.78 is 0. The zero-order valence-electron chi connectivity index (χ0n) is 15.9. The number of aliphatic hydroxyl groups is 1. The largest absolute Gasteiger partial charge is 0.504 e. The van der Waals surface area contributed by atoms with Crippen molar-refractivity contribution in [3.63, 3.8) is 0 Å². The van der Waals surface area contributed by atoms with E-state index in [4.69, 9.17) is 5.11 Å². The normalized spacial score (nSPS) is 12.2. The lowest BCUT2D eigenvalue weighted by Gasteiger charge is -2.19. The molecule has 0 aliphatic carbocycles. The van der Waals surface area contributed by atoms with E-state index in [2.05, 4.69) is 0 Å². The molecule has 0 bridgehead atoms. The number of phenols is 4. The number of carbonyl (C=O) groups is 3. The number of phenolic OH excluding ortho intramolecular Hbond substituents is 4. The topological polar surface area (TPSA) is 176 Å². The number of aliphatic hydroxyl groups excluding tert-OH is 1. The third-order valence-corrected chi connectivity index (χ3v) is 4.01. The molecule has 2 aromatic rings. The highest BCUT2D eigenvalue weighted by Crippen LogP contribution is 2.26. The van der Waals surface area contributed by atoms with E-state index in [1.807, 2.05) is 0 Å². The van der Waals surface area contributed by atoms with Crippen LogP contribution in [0.4, 0.5) is 0 Å². The first-order chi connectivity index (χ1) is 14.6. The fraction of sp³-hybridized carbons (Fsp3) is 0.0952. The Morgan fingerprint density at radius 2 is 1.19 bits per heavy atom. The van der Waals surface area contributed by atoms with Crippen LogP contribution in [0.3, 0.4) is 0 Å². The summed E-state index contributed by atoms with van der Waals surface area (Å²) in [6.07, 6.45) is 2.27. The minimum atomic E-state index is -2.02. The van der Waals surface area contributed by atoms with Crippen LogP contribution < -0.4 is 0 Å². The van der Waals surface area contributed by atoms with Crippen LogP contribution in [-0.4, -0.2) is 66.0 Å². The SMILES string of the molecule is O=C(O)C(O)CN(C(=O)C=Cc1ccc(O)c(O)c1)C(=O)C=Cc1ccc(O)c(O)c1. The van der Waals surface area contributed by atoms with Crippen LogP contribution in [0, 0.1) is 0 Å². The Morgan fingerprint density at radius 3 is 1.55 bits per heavy atom. The van der Waals surface area contributed by atoms with E-state index in [0.717, 1.165) is 24.3 Å². The highest BCUT2D eigenvalue weighted by molar-refractivity contribution is 6.08. The second-order valence-electron chi connectivity index (χ2n) is 6.30. The van der Waals surface area contributed by atoms with E-state index in [1.54, 1.807) is 0 Å². The number of imide groups is 1. The quantitative estimate of drug-likeness (QED) is 0.277. The Kier molecular flexibility index (Phi) is 7.37. The average molecular weight is 429 g/mol. The Bertz CT molecular complexity index is 985. The second kappa shape index (κ2) is 9.94. The van der Waals surface area contributed by atoms with E-state index in [9.17, 15) is 39.9 Å². The van der Waals surface area contributed by atoms with Crippen LogP contribution in [0.15, 0.2) is 48.6 Å². The number of rotatable bonds is 7. The van der Waals surface area contributed by atoms with E-state index in [-0.39, 0.29) is 11.5 Å². The summed E-state index contributed by atoms with van der Waals surface area (Å²) >= 11 is 0. The lowest BCUT2D eigenvalue weighted by atomic mass is 10.1. The van der Waals surface area contributed by atoms with E-state index >= 15 is 0 Å². The van der Waals surface area contributed by atoms with Crippen LogP contribution in [0.2, 0.25) is 0 Å². The van der Waals surface area contributed by atoms with Crippen molar-refractivity contribution < 1.29 is 45.0 Å². The van der Waals surface area contributed by atoms with Crippen molar-refractivity contribution in [3.05, 3.63) is 59.7 Å². The van der Waals surface area contributed by atoms with Gasteiger partial charge >= 0.3 is 5.97 Å². The zero-order chi connectivity index (χ0) is 23.1. The van der Waals surface area contributed by atoms with Gasteiger partial charge in [-0.15, -0.1) is 0 Å². The van der Waals surface area contributed by atoms with E-state index < -0.39 is 41.9 Å². The van der Waals surface area contributed by atoms with E-state index in [0.29, 0.717) is 16.0 Å². The molecule has 0 aliphatic heterocycles. The molecule has 162 valence electrons. The van der Waals surface area contributed by atoms with Crippen molar-refractivity contribution in [1.82, 2.24) is 4.90 Å². The molecule has 2 rings (SSSR count). The summed E-state index contributed by atoms with van der Waals surface area (Å²) in [5.74, 6) is -5.11. The molecule has 0 spiro atoms. The molecule has 0 aromatic heterocycles. The lowest BCUT2D eigenvalue weighted by Crippen LogP contribution is -2.43. The van der Waals surface area contributed by atoms with Gasteiger partial charge in [-0.3, -0.25) is 14.5 Å². The molecule has 1 atom stereocenters. The molecule has 0 aliphatic rings. The summed E-state index contributed by atoms with van der Waals surface area (Å²) in [4.78, 5) is 36.4. The molecular formula is C21H19NO9. The zero-order valence-corrected chi connectivity index (χ0v) is 15.9. The number of benzene rings is 2. The van der Waals surface area contributed by atoms with Gasteiger partial charge in [-0.05, 0) is 47.5 Å². The molecule has 10 nitrogen and oxygen atoms in total. The highest BCUT2D eigenvalue weighted by atomic mass is 16.4. The first kappa shape index (κ1) is 23.0. The van der Waals surface area contributed by atoms with Crippen LogP contribution in [0.5, 0.6) is 23.0 Å². The second-order valence-corrected chi connectivity index (χ2v) is 6.30. The minimum absolute atomic E-state index is 0.310. The summed E-state index contributed by atoms with van der Waals surface area (Å²) in [5.41, 5.74) is 0.620. The van der Waals surface area contributed by atoms with Crippen molar-refractivity contribution in [2.24, 2.45) is 0 Å². The number of aliphatic carboxylic acids is 1. The maximum Gasteiger partial charge on any atom is 0.334 e. The average Bonchev–Trinajstić information content (AvgIpc) is 2.72. The third kappa shape index (κ3) is 6.34. The van der Waals surface area contributed by atoms with Crippen molar-refractivity contribution in [1.29, 1.82) is 0 Å². The molecule has 6 N–H and O–H groups in total. The minimum Gasteiger partial charge on any atom is -0.504 e. The van der Waals surface area contributed by atoms with Gasteiger partial charge < -0.3 is 30.6 Å². The van der Waals surface area contributed by atoms with Gasteiger partial charge in [0.2, 0.25) is 0 Å². The van der Waals surface area contributed by atoms with Crippen LogP contribution >= 0.6 is 0 Å². The fourth-order valence-corrected chi connectivity index (χ4v) is 2.34. The maximum atomic E-state index is 12.5. The smallest absolute Gasteiger partial charge is 0.334 e. The summed E-state index contributed by atoms with van der Waals surface area (Å²) in [5, 5.41) is 56.0. The molecule has 10 heteroatoms. The Labute approximate surface area is 175 Å². The predicted octanol–water partition coefficient (Wildman–Crippen LogP) is 1.04.